The van der Waals surface area contributed by atoms with E-state index in [1.807, 2.05) is 37.4 Å². The van der Waals surface area contributed by atoms with Gasteiger partial charge < -0.3 is 4.90 Å². The number of hydrogen-bond acceptors (Lipinski definition) is 3. The summed E-state index contributed by atoms with van der Waals surface area (Å²) in [6.07, 6.45) is 1.64. The minimum Gasteiger partial charge on any atom is -0.373 e. The van der Waals surface area contributed by atoms with Gasteiger partial charge in [0.25, 0.3) is 0 Å². The molecule has 0 saturated carbocycles. The Morgan fingerprint density at radius 1 is 1.24 bits per heavy atom. The van der Waals surface area contributed by atoms with Crippen LogP contribution in [0.15, 0.2) is 57.9 Å². The van der Waals surface area contributed by atoms with Crippen molar-refractivity contribution in [3.05, 3.63) is 58.8 Å². The lowest BCUT2D eigenvalue weighted by atomic mass is 10.2. The van der Waals surface area contributed by atoms with Crippen LogP contribution in [0.1, 0.15) is 12.8 Å². The molecule has 1 atom stereocenters. The molecule has 0 bridgehead atoms. The average molecular weight is 427 g/mol. The van der Waals surface area contributed by atoms with Gasteiger partial charge in [0.15, 0.2) is 0 Å². The van der Waals surface area contributed by atoms with Crippen molar-refractivity contribution in [3.63, 3.8) is 0 Å². The lowest BCUT2D eigenvalue weighted by Crippen LogP contribution is -2.42. The number of benzene rings is 2. The summed E-state index contributed by atoms with van der Waals surface area (Å²) in [5, 5.41) is 0. The second kappa shape index (κ2) is 7.43. The zero-order valence-electron chi connectivity index (χ0n) is 13.9. The lowest BCUT2D eigenvalue weighted by Gasteiger charge is -2.29. The molecule has 7 heteroatoms. The summed E-state index contributed by atoms with van der Waals surface area (Å²) in [5.74, 6) is -0.465. The fourth-order valence-corrected chi connectivity index (χ4v) is 5.92. The van der Waals surface area contributed by atoms with Gasteiger partial charge in [-0.05, 0) is 59.1 Å². The highest BCUT2D eigenvalue weighted by atomic mass is 79.9. The highest BCUT2D eigenvalue weighted by Gasteiger charge is 2.36. The van der Waals surface area contributed by atoms with Crippen molar-refractivity contribution in [2.75, 3.05) is 25.0 Å². The number of nitrogens with zero attached hydrogens (tertiary/aromatic N) is 2. The first kappa shape index (κ1) is 18.4. The highest BCUT2D eigenvalue weighted by molar-refractivity contribution is 9.10. The number of hydrogen-bond donors (Lipinski definition) is 0. The van der Waals surface area contributed by atoms with E-state index in [0.717, 1.165) is 18.5 Å². The summed E-state index contributed by atoms with van der Waals surface area (Å²) in [4.78, 5) is 2.18. The molecule has 0 radical (unpaired) electrons. The Balaban J connectivity index is 1.83. The Kier molecular flexibility index (Phi) is 5.46. The molecule has 3 rings (SSSR count). The molecule has 2 aromatic carbocycles. The van der Waals surface area contributed by atoms with Gasteiger partial charge in [-0.2, -0.15) is 4.31 Å². The van der Waals surface area contributed by atoms with Crippen molar-refractivity contribution in [3.8, 4) is 0 Å². The second-order valence-corrected chi connectivity index (χ2v) is 8.92. The van der Waals surface area contributed by atoms with E-state index in [4.69, 9.17) is 0 Å². The summed E-state index contributed by atoms with van der Waals surface area (Å²) in [6.45, 7) is 1.10. The summed E-state index contributed by atoms with van der Waals surface area (Å²) >= 11 is 3.18. The van der Waals surface area contributed by atoms with Gasteiger partial charge >= 0.3 is 0 Å². The fraction of sp³-hybridized carbons (Fsp3) is 0.333. The van der Waals surface area contributed by atoms with Gasteiger partial charge in [0.2, 0.25) is 10.0 Å². The zero-order valence-corrected chi connectivity index (χ0v) is 16.3. The van der Waals surface area contributed by atoms with E-state index in [1.165, 1.54) is 18.2 Å². The first-order valence-electron chi connectivity index (χ1n) is 8.12. The Hall–Kier alpha value is -1.44. The Bertz CT molecular complexity index is 845. The van der Waals surface area contributed by atoms with Crippen LogP contribution < -0.4 is 4.90 Å². The molecule has 1 heterocycles. The van der Waals surface area contributed by atoms with Crippen LogP contribution in [0.4, 0.5) is 10.1 Å². The van der Waals surface area contributed by atoms with Crippen LogP contribution in [0, 0.1) is 5.82 Å². The molecule has 0 aliphatic carbocycles. The molecule has 1 saturated heterocycles. The van der Waals surface area contributed by atoms with Crippen LogP contribution in [0.25, 0.3) is 0 Å². The molecule has 2 aromatic rings. The summed E-state index contributed by atoms with van der Waals surface area (Å²) in [5.41, 5.74) is 1.05. The third kappa shape index (κ3) is 3.88. The predicted octanol–water partition coefficient (Wildman–Crippen LogP) is 3.88. The van der Waals surface area contributed by atoms with Crippen molar-refractivity contribution in [2.24, 2.45) is 0 Å². The van der Waals surface area contributed by atoms with E-state index < -0.39 is 15.8 Å². The van der Waals surface area contributed by atoms with Gasteiger partial charge in [-0.15, -0.1) is 0 Å². The second-order valence-electron chi connectivity index (χ2n) is 6.20. The predicted molar refractivity (Wildman–Crippen MR) is 101 cm³/mol. The van der Waals surface area contributed by atoms with E-state index in [2.05, 4.69) is 20.8 Å². The van der Waals surface area contributed by atoms with Crippen LogP contribution in [-0.4, -0.2) is 38.9 Å². The monoisotopic (exact) mass is 426 g/mol. The van der Waals surface area contributed by atoms with Crippen molar-refractivity contribution in [1.29, 1.82) is 0 Å². The third-order valence-electron chi connectivity index (χ3n) is 4.49. The van der Waals surface area contributed by atoms with E-state index in [0.29, 0.717) is 13.1 Å². The molecule has 1 aliphatic rings. The molecule has 25 heavy (non-hydrogen) atoms. The first-order valence-corrected chi connectivity index (χ1v) is 10.4. The third-order valence-corrected chi connectivity index (χ3v) is 7.41. The fourth-order valence-electron chi connectivity index (χ4n) is 3.22. The number of sulfonamides is 1. The standard InChI is InChI=1S/C18H20BrFN2O2S/c1-21(15-6-3-2-4-7-15)13-16-8-5-11-22(16)25(23,24)18-10-9-14(20)12-17(18)19/h2-4,6-7,9-10,12,16H,5,8,11,13H2,1H3/t16-/m0/s1. The molecule has 1 aliphatic heterocycles. The van der Waals surface area contributed by atoms with Crippen LogP contribution in [0.5, 0.6) is 0 Å². The van der Waals surface area contributed by atoms with Gasteiger partial charge in [0.05, 0.1) is 4.90 Å². The number of para-hydroxylation sites is 1. The van der Waals surface area contributed by atoms with Gasteiger partial charge in [0, 0.05) is 36.3 Å². The Morgan fingerprint density at radius 3 is 2.64 bits per heavy atom. The molecule has 0 aromatic heterocycles. The minimum absolute atomic E-state index is 0.104. The molecule has 0 unspecified atom stereocenters. The number of halogens is 2. The molecular weight excluding hydrogens is 407 g/mol. The van der Waals surface area contributed by atoms with E-state index in [1.54, 1.807) is 4.31 Å². The molecule has 0 N–H and O–H groups in total. The van der Waals surface area contributed by atoms with Crippen molar-refractivity contribution in [1.82, 2.24) is 4.31 Å². The topological polar surface area (TPSA) is 40.6 Å². The lowest BCUT2D eigenvalue weighted by molar-refractivity contribution is 0.389. The van der Waals surface area contributed by atoms with Crippen LogP contribution >= 0.6 is 15.9 Å². The molecule has 134 valence electrons. The maximum absolute atomic E-state index is 13.3. The number of likely N-dealkylation sites (N-methyl/N-ethyl adjacent to an activating group) is 1. The smallest absolute Gasteiger partial charge is 0.244 e. The molecule has 1 fully saturated rings. The largest absolute Gasteiger partial charge is 0.373 e. The molecule has 0 amide bonds. The summed E-state index contributed by atoms with van der Waals surface area (Å²) in [7, 11) is -1.71. The van der Waals surface area contributed by atoms with Crippen molar-refractivity contribution < 1.29 is 12.8 Å². The van der Waals surface area contributed by atoms with Gasteiger partial charge in [-0.3, -0.25) is 0 Å². The Morgan fingerprint density at radius 2 is 1.96 bits per heavy atom. The van der Waals surface area contributed by atoms with Crippen LogP contribution in [0.2, 0.25) is 0 Å². The van der Waals surface area contributed by atoms with Crippen molar-refractivity contribution in [2.45, 2.75) is 23.8 Å². The Labute approximate surface area is 156 Å². The maximum Gasteiger partial charge on any atom is 0.244 e. The van der Waals surface area contributed by atoms with E-state index >= 15 is 0 Å². The SMILES string of the molecule is CN(C[C@@H]1CCCN1S(=O)(=O)c1ccc(F)cc1Br)c1ccccc1. The molecular formula is C18H20BrFN2O2S. The van der Waals surface area contributed by atoms with E-state index in [9.17, 15) is 12.8 Å². The van der Waals surface area contributed by atoms with Gasteiger partial charge in [0.1, 0.15) is 5.82 Å². The summed E-state index contributed by atoms with van der Waals surface area (Å²) < 4.78 is 41.2. The number of anilines is 1. The quantitative estimate of drug-likeness (QED) is 0.728. The average Bonchev–Trinajstić information content (AvgIpc) is 3.04. The van der Waals surface area contributed by atoms with E-state index in [-0.39, 0.29) is 15.4 Å². The van der Waals surface area contributed by atoms with Crippen molar-refractivity contribution >= 4 is 31.6 Å². The normalized spacial score (nSPS) is 18.4. The number of rotatable bonds is 5. The van der Waals surface area contributed by atoms with Crippen LogP contribution in [-0.2, 0) is 10.0 Å². The minimum atomic E-state index is -3.67. The first-order chi connectivity index (χ1) is 11.9. The summed E-state index contributed by atoms with van der Waals surface area (Å²) in [6, 6.07) is 13.5. The molecule has 0 spiro atoms. The molecule has 4 nitrogen and oxygen atoms in total. The zero-order chi connectivity index (χ0) is 18.0. The van der Waals surface area contributed by atoms with Gasteiger partial charge in [-0.1, -0.05) is 18.2 Å². The van der Waals surface area contributed by atoms with Crippen LogP contribution in [0.3, 0.4) is 0 Å². The highest BCUT2D eigenvalue weighted by Crippen LogP contribution is 2.31. The van der Waals surface area contributed by atoms with Gasteiger partial charge in [-0.25, -0.2) is 12.8 Å². The maximum atomic E-state index is 13.3.